The van der Waals surface area contributed by atoms with Crippen LogP contribution in [0.2, 0.25) is 0 Å². The molecule has 0 aliphatic carbocycles. The third kappa shape index (κ3) is 3.26. The molecule has 1 N–H and O–H groups in total. The van der Waals surface area contributed by atoms with Gasteiger partial charge in [-0.1, -0.05) is 6.07 Å². The summed E-state index contributed by atoms with van der Waals surface area (Å²) in [4.78, 5) is 6.49. The van der Waals surface area contributed by atoms with Crippen LogP contribution < -0.4 is 5.32 Å². The summed E-state index contributed by atoms with van der Waals surface area (Å²) in [6.07, 6.45) is 4.33. The molecule has 0 atom stereocenters. The van der Waals surface area contributed by atoms with E-state index in [1.165, 1.54) is 5.56 Å². The zero-order valence-corrected chi connectivity index (χ0v) is 12.9. The number of nitrogens with one attached hydrogen (secondary N) is 1. The van der Waals surface area contributed by atoms with Crippen LogP contribution in [0.15, 0.2) is 35.3 Å². The molecular formula is C14H18BrN5. The van der Waals surface area contributed by atoms with Gasteiger partial charge in [0.2, 0.25) is 0 Å². The molecule has 1 aliphatic rings. The summed E-state index contributed by atoms with van der Waals surface area (Å²) in [5.74, 6) is 0. The highest BCUT2D eigenvalue weighted by Crippen LogP contribution is 2.22. The molecule has 20 heavy (non-hydrogen) atoms. The minimum Gasteiger partial charge on any atom is -0.314 e. The first-order chi connectivity index (χ1) is 9.83. The van der Waals surface area contributed by atoms with Gasteiger partial charge in [-0.05, 0) is 40.0 Å². The van der Waals surface area contributed by atoms with E-state index in [1.807, 2.05) is 0 Å². The van der Waals surface area contributed by atoms with Crippen molar-refractivity contribution in [3.63, 3.8) is 0 Å². The molecule has 5 nitrogen and oxygen atoms in total. The van der Waals surface area contributed by atoms with Gasteiger partial charge in [0, 0.05) is 37.2 Å². The molecule has 106 valence electrons. The van der Waals surface area contributed by atoms with E-state index < -0.39 is 0 Å². The minimum atomic E-state index is 1.02. The van der Waals surface area contributed by atoms with Gasteiger partial charge in [-0.15, -0.1) is 0 Å². The van der Waals surface area contributed by atoms with E-state index in [0.29, 0.717) is 0 Å². The molecular weight excluding hydrogens is 318 g/mol. The molecule has 1 aromatic heterocycles. The molecule has 0 unspecified atom stereocenters. The number of nitrogens with zero attached hydrogens (tertiary/aromatic N) is 4. The van der Waals surface area contributed by atoms with Crippen molar-refractivity contribution in [1.29, 1.82) is 0 Å². The Balaban J connectivity index is 1.64. The van der Waals surface area contributed by atoms with Crippen molar-refractivity contribution in [3.05, 3.63) is 40.9 Å². The van der Waals surface area contributed by atoms with Gasteiger partial charge in [-0.2, -0.15) is 5.10 Å². The van der Waals surface area contributed by atoms with Crippen LogP contribution in [0.3, 0.4) is 0 Å². The van der Waals surface area contributed by atoms with Crippen molar-refractivity contribution >= 4 is 15.9 Å². The third-order valence-electron chi connectivity index (χ3n) is 3.60. The third-order valence-corrected chi connectivity index (χ3v) is 4.24. The Hall–Kier alpha value is -1.24. The maximum Gasteiger partial charge on any atom is 0.138 e. The van der Waals surface area contributed by atoms with E-state index in [4.69, 9.17) is 0 Å². The van der Waals surface area contributed by atoms with Crippen LogP contribution in [0.25, 0.3) is 5.69 Å². The Bertz CT molecular complexity index is 549. The quantitative estimate of drug-likeness (QED) is 0.919. The van der Waals surface area contributed by atoms with Gasteiger partial charge in [0.25, 0.3) is 0 Å². The van der Waals surface area contributed by atoms with Crippen LogP contribution in [0, 0.1) is 0 Å². The largest absolute Gasteiger partial charge is 0.314 e. The highest BCUT2D eigenvalue weighted by Gasteiger charge is 2.10. The van der Waals surface area contributed by atoms with Crippen LogP contribution in [0.4, 0.5) is 0 Å². The summed E-state index contributed by atoms with van der Waals surface area (Å²) < 4.78 is 2.82. The first-order valence-corrected chi connectivity index (χ1v) is 7.69. The molecule has 0 bridgehead atoms. The molecule has 0 saturated carbocycles. The summed E-state index contributed by atoms with van der Waals surface area (Å²) in [6.45, 7) is 5.64. The number of aromatic nitrogens is 3. The van der Waals surface area contributed by atoms with E-state index in [-0.39, 0.29) is 0 Å². The molecule has 1 saturated heterocycles. The molecule has 1 fully saturated rings. The smallest absolute Gasteiger partial charge is 0.138 e. The Morgan fingerprint density at radius 3 is 2.80 bits per heavy atom. The van der Waals surface area contributed by atoms with Crippen LogP contribution in [0.5, 0.6) is 0 Å². The average molecular weight is 336 g/mol. The molecule has 2 aromatic rings. The minimum absolute atomic E-state index is 1.02. The molecule has 2 heterocycles. The van der Waals surface area contributed by atoms with Gasteiger partial charge >= 0.3 is 0 Å². The van der Waals surface area contributed by atoms with Crippen molar-refractivity contribution in [2.24, 2.45) is 0 Å². The predicted octanol–water partition coefficient (Wildman–Crippen LogP) is 1.48. The van der Waals surface area contributed by atoms with Gasteiger partial charge < -0.3 is 10.2 Å². The lowest BCUT2D eigenvalue weighted by atomic mass is 10.1. The fourth-order valence-electron chi connectivity index (χ4n) is 2.45. The van der Waals surface area contributed by atoms with E-state index in [2.05, 4.69) is 54.4 Å². The van der Waals surface area contributed by atoms with Crippen molar-refractivity contribution in [3.8, 4) is 5.69 Å². The zero-order valence-electron chi connectivity index (χ0n) is 11.3. The standard InChI is InChI=1S/C14H18BrN5/c15-13-9-12(3-6-19-7-4-16-5-8-19)1-2-14(13)20-11-17-10-18-20/h1-2,9-11,16H,3-8H2. The van der Waals surface area contributed by atoms with Crippen LogP contribution in [0.1, 0.15) is 5.56 Å². The van der Waals surface area contributed by atoms with E-state index in [1.54, 1.807) is 17.3 Å². The predicted molar refractivity (Wildman–Crippen MR) is 82.1 cm³/mol. The molecule has 6 heteroatoms. The number of hydrogen-bond donors (Lipinski definition) is 1. The summed E-state index contributed by atoms with van der Waals surface area (Å²) in [5.41, 5.74) is 2.37. The second kappa shape index (κ2) is 6.47. The molecule has 3 rings (SSSR count). The van der Waals surface area contributed by atoms with E-state index in [9.17, 15) is 0 Å². The number of hydrogen-bond acceptors (Lipinski definition) is 4. The van der Waals surface area contributed by atoms with Crippen molar-refractivity contribution in [1.82, 2.24) is 25.0 Å². The van der Waals surface area contributed by atoms with E-state index >= 15 is 0 Å². The first kappa shape index (κ1) is 13.7. The molecule has 1 aliphatic heterocycles. The Kier molecular flexibility index (Phi) is 4.44. The topological polar surface area (TPSA) is 46.0 Å². The zero-order chi connectivity index (χ0) is 13.8. The fourth-order valence-corrected chi connectivity index (χ4v) is 3.05. The van der Waals surface area contributed by atoms with Gasteiger partial charge in [0.1, 0.15) is 12.7 Å². The summed E-state index contributed by atoms with van der Waals surface area (Å²) in [7, 11) is 0. The molecule has 0 amide bonds. The van der Waals surface area contributed by atoms with Crippen LogP contribution in [-0.4, -0.2) is 52.4 Å². The lowest BCUT2D eigenvalue weighted by Crippen LogP contribution is -2.44. The van der Waals surface area contributed by atoms with Gasteiger partial charge in [-0.3, -0.25) is 0 Å². The Morgan fingerprint density at radius 1 is 1.25 bits per heavy atom. The summed E-state index contributed by atoms with van der Waals surface area (Å²) in [6, 6.07) is 6.44. The van der Waals surface area contributed by atoms with Crippen LogP contribution in [-0.2, 0) is 6.42 Å². The first-order valence-electron chi connectivity index (χ1n) is 6.89. The number of piperazine rings is 1. The highest BCUT2D eigenvalue weighted by molar-refractivity contribution is 9.10. The SMILES string of the molecule is Brc1cc(CCN2CCNCC2)ccc1-n1cncn1. The van der Waals surface area contributed by atoms with Crippen molar-refractivity contribution in [2.75, 3.05) is 32.7 Å². The fraction of sp³-hybridized carbons (Fsp3) is 0.429. The lowest BCUT2D eigenvalue weighted by molar-refractivity contribution is 0.244. The molecule has 0 spiro atoms. The normalized spacial score (nSPS) is 16.4. The van der Waals surface area contributed by atoms with Crippen molar-refractivity contribution in [2.45, 2.75) is 6.42 Å². The number of halogens is 1. The molecule has 0 radical (unpaired) electrons. The maximum atomic E-state index is 4.16. The average Bonchev–Trinajstić information content (AvgIpc) is 3.00. The summed E-state index contributed by atoms with van der Waals surface area (Å²) >= 11 is 3.62. The Morgan fingerprint density at radius 2 is 2.10 bits per heavy atom. The van der Waals surface area contributed by atoms with Gasteiger partial charge in [0.15, 0.2) is 0 Å². The molecule has 1 aromatic carbocycles. The second-order valence-corrected chi connectivity index (χ2v) is 5.82. The monoisotopic (exact) mass is 335 g/mol. The maximum absolute atomic E-state index is 4.16. The van der Waals surface area contributed by atoms with Crippen molar-refractivity contribution < 1.29 is 0 Å². The van der Waals surface area contributed by atoms with Crippen LogP contribution >= 0.6 is 15.9 Å². The number of rotatable bonds is 4. The second-order valence-electron chi connectivity index (χ2n) is 4.97. The summed E-state index contributed by atoms with van der Waals surface area (Å²) in [5, 5.41) is 7.54. The number of benzene rings is 1. The van der Waals surface area contributed by atoms with Gasteiger partial charge in [0.05, 0.1) is 5.69 Å². The highest BCUT2D eigenvalue weighted by atomic mass is 79.9. The van der Waals surface area contributed by atoms with E-state index in [0.717, 1.165) is 49.3 Å². The lowest BCUT2D eigenvalue weighted by Gasteiger charge is -2.27. The van der Waals surface area contributed by atoms with Gasteiger partial charge in [-0.25, -0.2) is 9.67 Å². The Labute approximate surface area is 127 Å².